The highest BCUT2D eigenvalue weighted by atomic mass is 32.2. The minimum atomic E-state index is -3.41. The number of hydrogen-bond donors (Lipinski definition) is 2. The predicted octanol–water partition coefficient (Wildman–Crippen LogP) is 3.73. The van der Waals surface area contributed by atoms with Crippen LogP contribution in [0.1, 0.15) is 41.4 Å². The molecular weight excluding hydrogens is 507 g/mol. The van der Waals surface area contributed by atoms with Gasteiger partial charge in [0, 0.05) is 37.3 Å². The molecule has 4 aromatic rings. The molecule has 0 amide bonds. The van der Waals surface area contributed by atoms with Crippen LogP contribution in [0.3, 0.4) is 0 Å². The molecule has 6 rings (SSSR count). The number of fused-ring (bicyclic) bond motifs is 1. The van der Waals surface area contributed by atoms with Gasteiger partial charge in [-0.2, -0.15) is 14.4 Å². The molecule has 10 nitrogen and oxygen atoms in total. The minimum Gasteiger partial charge on any atom is -0.373 e. The van der Waals surface area contributed by atoms with E-state index in [1.165, 1.54) is 17.1 Å². The Morgan fingerprint density at radius 3 is 2.53 bits per heavy atom. The molecule has 0 radical (unpaired) electrons. The third-order valence-corrected chi connectivity index (χ3v) is 9.30. The van der Waals surface area contributed by atoms with Gasteiger partial charge in [0.05, 0.1) is 10.9 Å². The van der Waals surface area contributed by atoms with E-state index in [0.717, 1.165) is 16.8 Å². The van der Waals surface area contributed by atoms with Crippen molar-refractivity contribution in [1.82, 2.24) is 29.0 Å². The summed E-state index contributed by atoms with van der Waals surface area (Å²) in [6.45, 7) is 2.25. The van der Waals surface area contributed by atoms with Crippen LogP contribution in [0.4, 0.5) is 21.8 Å². The van der Waals surface area contributed by atoms with Crippen molar-refractivity contribution in [2.24, 2.45) is 0 Å². The topological polar surface area (TPSA) is 118 Å². The van der Waals surface area contributed by atoms with Gasteiger partial charge in [-0.3, -0.25) is 0 Å². The van der Waals surface area contributed by atoms with Crippen LogP contribution in [0.15, 0.2) is 54.9 Å². The Morgan fingerprint density at radius 2 is 1.87 bits per heavy atom. The summed E-state index contributed by atoms with van der Waals surface area (Å²) in [4.78, 5) is 13.5. The number of sulfonamides is 1. The van der Waals surface area contributed by atoms with Gasteiger partial charge in [-0.1, -0.05) is 30.3 Å². The van der Waals surface area contributed by atoms with Crippen LogP contribution in [-0.2, 0) is 16.6 Å². The van der Waals surface area contributed by atoms with Gasteiger partial charge in [-0.15, -0.1) is 0 Å². The fourth-order valence-electron chi connectivity index (χ4n) is 4.88. The van der Waals surface area contributed by atoms with Gasteiger partial charge in [0.1, 0.15) is 23.7 Å². The molecule has 1 aliphatic heterocycles. The van der Waals surface area contributed by atoms with E-state index in [4.69, 9.17) is 4.98 Å². The van der Waals surface area contributed by atoms with Crippen LogP contribution >= 0.6 is 0 Å². The molecule has 2 aromatic carbocycles. The maximum atomic E-state index is 15.0. The molecule has 196 valence electrons. The van der Waals surface area contributed by atoms with E-state index in [9.17, 15) is 12.8 Å². The molecule has 3 heterocycles. The monoisotopic (exact) mass is 534 g/mol. The number of aryl methyl sites for hydroxylation is 1. The van der Waals surface area contributed by atoms with Gasteiger partial charge in [0.25, 0.3) is 0 Å². The summed E-state index contributed by atoms with van der Waals surface area (Å²) in [6, 6.07) is 14.5. The zero-order chi connectivity index (χ0) is 26.4. The first-order valence-electron chi connectivity index (χ1n) is 12.4. The lowest BCUT2D eigenvalue weighted by Crippen LogP contribution is -2.41. The van der Waals surface area contributed by atoms with Crippen LogP contribution in [0, 0.1) is 12.7 Å². The van der Waals surface area contributed by atoms with Crippen molar-refractivity contribution >= 4 is 27.5 Å². The Balaban J connectivity index is 1.38. The van der Waals surface area contributed by atoms with Gasteiger partial charge < -0.3 is 10.6 Å². The van der Waals surface area contributed by atoms with Gasteiger partial charge in [-0.05, 0) is 43.5 Å². The Kier molecular flexibility index (Phi) is 6.07. The van der Waals surface area contributed by atoms with Gasteiger partial charge >= 0.3 is 0 Å². The van der Waals surface area contributed by atoms with Crippen LogP contribution in [0.5, 0.6) is 0 Å². The molecule has 2 aliphatic rings. The first kappa shape index (κ1) is 24.4. The maximum Gasteiger partial charge on any atom is 0.229 e. The molecule has 0 spiro atoms. The second-order valence-corrected chi connectivity index (χ2v) is 11.7. The lowest BCUT2D eigenvalue weighted by atomic mass is 9.89. The molecule has 2 aromatic heterocycles. The second kappa shape index (κ2) is 9.44. The molecule has 1 unspecified atom stereocenters. The molecule has 0 saturated heterocycles. The summed E-state index contributed by atoms with van der Waals surface area (Å²) in [5.74, 6) is 0.643. The molecule has 38 heavy (non-hydrogen) atoms. The summed E-state index contributed by atoms with van der Waals surface area (Å²) in [6.07, 6.45) is 2.78. The number of aromatic nitrogens is 5. The summed E-state index contributed by atoms with van der Waals surface area (Å²) in [5.41, 5.74) is 3.21. The maximum absolute atomic E-state index is 15.0. The van der Waals surface area contributed by atoms with Crippen molar-refractivity contribution in [2.45, 2.75) is 37.5 Å². The number of nitrogens with one attached hydrogen (secondary N) is 2. The molecule has 2 N–H and O–H groups in total. The molecule has 1 aliphatic carbocycles. The predicted molar refractivity (Wildman–Crippen MR) is 142 cm³/mol. The number of hydrogen-bond acceptors (Lipinski definition) is 8. The average molecular weight is 535 g/mol. The molecular formula is C26H27FN8O2S. The standard InChI is InChI=1S/C26H27FN8O2S/c1-16-29-15-30-35(16)23-11-8-18(12-22(23)27)31-26-32-24-20(17-6-4-3-5-7-17)13-34(38(36,37)19-9-10-19)14-21(24)25(28-2)33-26/h3-8,11-12,15,19-20H,9-10,13-14H2,1-2H3,(H2,28,31,32,33). The third-order valence-electron chi connectivity index (χ3n) is 6.98. The van der Waals surface area contributed by atoms with E-state index in [1.54, 1.807) is 30.4 Å². The normalized spacial score (nSPS) is 17.7. The molecule has 1 atom stereocenters. The summed E-state index contributed by atoms with van der Waals surface area (Å²) in [7, 11) is -1.66. The van der Waals surface area contributed by atoms with E-state index in [-0.39, 0.29) is 29.3 Å². The second-order valence-electron chi connectivity index (χ2n) is 9.52. The van der Waals surface area contributed by atoms with Crippen molar-refractivity contribution in [1.29, 1.82) is 0 Å². The zero-order valence-electron chi connectivity index (χ0n) is 21.0. The lowest BCUT2D eigenvalue weighted by molar-refractivity contribution is 0.367. The smallest absolute Gasteiger partial charge is 0.229 e. The Bertz CT molecular complexity index is 1600. The molecule has 12 heteroatoms. The number of nitrogens with zero attached hydrogens (tertiary/aromatic N) is 6. The SMILES string of the molecule is CNc1nc(Nc2ccc(-n3ncnc3C)c(F)c2)nc2c1CN(S(=O)(=O)C1CC1)CC2c1ccccc1. The highest BCUT2D eigenvalue weighted by molar-refractivity contribution is 7.90. The van der Waals surface area contributed by atoms with Gasteiger partial charge in [0.15, 0.2) is 5.82 Å². The van der Waals surface area contributed by atoms with Crippen LogP contribution < -0.4 is 10.6 Å². The zero-order valence-corrected chi connectivity index (χ0v) is 21.8. The van der Waals surface area contributed by atoms with E-state index in [1.807, 2.05) is 30.3 Å². The number of rotatable bonds is 7. The summed E-state index contributed by atoms with van der Waals surface area (Å²) >= 11 is 0. The number of anilines is 3. The van der Waals surface area contributed by atoms with Crippen molar-refractivity contribution in [3.8, 4) is 5.69 Å². The highest BCUT2D eigenvalue weighted by Gasteiger charge is 2.44. The molecule has 0 bridgehead atoms. The van der Waals surface area contributed by atoms with E-state index in [2.05, 4.69) is 25.7 Å². The summed E-state index contributed by atoms with van der Waals surface area (Å²) < 4.78 is 44.4. The van der Waals surface area contributed by atoms with E-state index < -0.39 is 15.8 Å². The van der Waals surface area contributed by atoms with Crippen LogP contribution in [-0.4, -0.2) is 56.3 Å². The number of benzene rings is 2. The summed E-state index contributed by atoms with van der Waals surface area (Å²) in [5, 5.41) is 10.00. The fourth-order valence-corrected chi connectivity index (χ4v) is 6.70. The van der Waals surface area contributed by atoms with E-state index in [0.29, 0.717) is 36.7 Å². The van der Waals surface area contributed by atoms with Gasteiger partial charge in [0.2, 0.25) is 16.0 Å². The minimum absolute atomic E-state index is 0.203. The fraction of sp³-hybridized carbons (Fsp3) is 0.308. The first-order chi connectivity index (χ1) is 18.3. The van der Waals surface area contributed by atoms with Gasteiger partial charge in [-0.25, -0.2) is 27.5 Å². The molecule has 1 fully saturated rings. The quantitative estimate of drug-likeness (QED) is 0.368. The lowest BCUT2D eigenvalue weighted by Gasteiger charge is -2.34. The van der Waals surface area contributed by atoms with Crippen LogP contribution in [0.25, 0.3) is 5.69 Å². The average Bonchev–Trinajstić information content (AvgIpc) is 3.70. The van der Waals surface area contributed by atoms with Crippen LogP contribution in [0.2, 0.25) is 0 Å². The largest absolute Gasteiger partial charge is 0.373 e. The number of halogens is 1. The van der Waals surface area contributed by atoms with Crippen molar-refractivity contribution < 1.29 is 12.8 Å². The van der Waals surface area contributed by atoms with Crippen molar-refractivity contribution in [2.75, 3.05) is 24.2 Å². The Morgan fingerprint density at radius 1 is 1.08 bits per heavy atom. The van der Waals surface area contributed by atoms with Crippen molar-refractivity contribution in [3.63, 3.8) is 0 Å². The highest BCUT2D eigenvalue weighted by Crippen LogP contribution is 2.40. The third kappa shape index (κ3) is 4.39. The van der Waals surface area contributed by atoms with E-state index >= 15 is 0 Å². The Hall–Kier alpha value is -3.90. The molecule has 1 saturated carbocycles. The van der Waals surface area contributed by atoms with Crippen molar-refractivity contribution in [3.05, 3.63) is 83.3 Å². The Labute approximate surface area is 220 Å². The first-order valence-corrected chi connectivity index (χ1v) is 13.9.